The molecule has 3 aliphatic rings. The molecule has 1 aromatic rings. The minimum Gasteiger partial charge on any atom is -0.497 e. The second kappa shape index (κ2) is 7.43. The summed E-state index contributed by atoms with van der Waals surface area (Å²) in [5.41, 5.74) is 0.806. The smallest absolute Gasteiger partial charge is 0.345 e. The van der Waals surface area contributed by atoms with Crippen molar-refractivity contribution in [3.8, 4) is 5.75 Å². The van der Waals surface area contributed by atoms with Crippen LogP contribution in [-0.4, -0.2) is 75.5 Å². The molecule has 156 valence electrons. The number of hydrogen-bond donors (Lipinski definition) is 0. The normalized spacial score (nSPS) is 23.0. The van der Waals surface area contributed by atoms with E-state index in [1.54, 1.807) is 29.2 Å². The molecule has 9 nitrogen and oxygen atoms in total. The van der Waals surface area contributed by atoms with E-state index in [0.29, 0.717) is 50.5 Å². The minimum absolute atomic E-state index is 0.0574. The van der Waals surface area contributed by atoms with Gasteiger partial charge in [0, 0.05) is 38.5 Å². The number of likely N-dealkylation sites (tertiary alicyclic amines) is 1. The minimum atomic E-state index is -4.02. The van der Waals surface area contributed by atoms with Crippen LogP contribution in [0.2, 0.25) is 0 Å². The third-order valence-electron chi connectivity index (χ3n) is 5.38. The van der Waals surface area contributed by atoms with Gasteiger partial charge in [0.1, 0.15) is 11.4 Å². The molecule has 0 aromatic heterocycles. The Kier molecular flexibility index (Phi) is 5.09. The van der Waals surface area contributed by atoms with Gasteiger partial charge in [-0.15, -0.1) is 4.40 Å². The van der Waals surface area contributed by atoms with Gasteiger partial charge in [0.25, 0.3) is 5.91 Å². The van der Waals surface area contributed by atoms with Crippen LogP contribution in [0, 0.1) is 0 Å². The molecular weight excluding hydrogens is 398 g/mol. The Labute approximate surface area is 169 Å². The summed E-state index contributed by atoms with van der Waals surface area (Å²) in [6.07, 6.45) is 2.61. The molecule has 3 heterocycles. The van der Waals surface area contributed by atoms with Gasteiger partial charge in [0.15, 0.2) is 5.79 Å². The Morgan fingerprint density at radius 2 is 1.90 bits per heavy atom. The zero-order valence-electron chi connectivity index (χ0n) is 16.3. The van der Waals surface area contributed by atoms with Gasteiger partial charge in [-0.05, 0) is 18.2 Å². The van der Waals surface area contributed by atoms with Crippen LogP contribution in [-0.2, 0) is 24.5 Å². The summed E-state index contributed by atoms with van der Waals surface area (Å²) in [5, 5.41) is 0. The van der Waals surface area contributed by atoms with E-state index in [0.717, 1.165) is 4.31 Å². The summed E-state index contributed by atoms with van der Waals surface area (Å²) in [7, 11) is -1.16. The Balaban J connectivity index is 1.60. The van der Waals surface area contributed by atoms with Crippen molar-refractivity contribution in [1.82, 2.24) is 9.21 Å². The second-order valence-electron chi connectivity index (χ2n) is 7.08. The van der Waals surface area contributed by atoms with Gasteiger partial charge in [0.05, 0.1) is 26.0 Å². The van der Waals surface area contributed by atoms with Crippen molar-refractivity contribution in [2.45, 2.75) is 18.6 Å². The first-order chi connectivity index (χ1) is 13.8. The molecule has 1 spiro atoms. The van der Waals surface area contributed by atoms with E-state index in [9.17, 15) is 13.2 Å². The third kappa shape index (κ3) is 3.75. The number of likely N-dealkylation sites (N-methyl/N-ethyl adjacent to an activating group) is 1. The number of hydrogen-bond acceptors (Lipinski definition) is 6. The van der Waals surface area contributed by atoms with Crippen molar-refractivity contribution in [1.29, 1.82) is 0 Å². The first-order valence-electron chi connectivity index (χ1n) is 9.36. The summed E-state index contributed by atoms with van der Waals surface area (Å²) >= 11 is 0. The average Bonchev–Trinajstić information content (AvgIpc) is 3.18. The molecule has 0 atom stereocenters. The topological polar surface area (TPSA) is 97.7 Å². The van der Waals surface area contributed by atoms with Gasteiger partial charge in [-0.2, -0.15) is 8.42 Å². The van der Waals surface area contributed by atoms with Crippen molar-refractivity contribution < 1.29 is 27.4 Å². The van der Waals surface area contributed by atoms with Crippen molar-refractivity contribution in [2.75, 3.05) is 40.5 Å². The molecule has 0 N–H and O–H groups in total. The number of rotatable bonds is 3. The fourth-order valence-corrected chi connectivity index (χ4v) is 4.58. The van der Waals surface area contributed by atoms with Gasteiger partial charge in [-0.25, -0.2) is 4.31 Å². The van der Waals surface area contributed by atoms with Crippen LogP contribution in [0.5, 0.6) is 5.75 Å². The monoisotopic (exact) mass is 421 g/mol. The van der Waals surface area contributed by atoms with Crippen molar-refractivity contribution in [3.63, 3.8) is 0 Å². The number of piperidine rings is 1. The number of benzene rings is 1. The van der Waals surface area contributed by atoms with E-state index in [-0.39, 0.29) is 17.3 Å². The standard InChI is InChI=1S/C19H23N3O6S/c1-21-17(18(23)22-8-6-19(7-9-22)27-10-11-28-19)13-16(20-29(21,24)25)14-4-3-5-15(12-14)26-2/h3-5,12-13H,6-11H2,1-2H3. The number of methoxy groups -OCH3 is 1. The van der Waals surface area contributed by atoms with Crippen molar-refractivity contribution >= 4 is 21.8 Å². The quantitative estimate of drug-likeness (QED) is 0.720. The summed E-state index contributed by atoms with van der Waals surface area (Å²) < 4.78 is 46.5. The summed E-state index contributed by atoms with van der Waals surface area (Å²) in [4.78, 5) is 14.8. The lowest BCUT2D eigenvalue weighted by Crippen LogP contribution is -2.49. The molecule has 4 rings (SSSR count). The van der Waals surface area contributed by atoms with Gasteiger partial charge < -0.3 is 19.1 Å². The lowest BCUT2D eigenvalue weighted by molar-refractivity contribution is -0.186. The molecule has 0 bridgehead atoms. The number of carbonyl (C=O) groups is 1. The van der Waals surface area contributed by atoms with E-state index >= 15 is 0 Å². The number of nitrogens with zero attached hydrogens (tertiary/aromatic N) is 3. The van der Waals surface area contributed by atoms with Crippen LogP contribution in [0.1, 0.15) is 18.4 Å². The van der Waals surface area contributed by atoms with Crippen LogP contribution in [0.15, 0.2) is 40.4 Å². The molecule has 1 amide bonds. The van der Waals surface area contributed by atoms with E-state index in [1.165, 1.54) is 20.2 Å². The second-order valence-corrected chi connectivity index (χ2v) is 8.71. The highest BCUT2D eigenvalue weighted by Crippen LogP contribution is 2.32. The molecular formula is C19H23N3O6S. The predicted octanol–water partition coefficient (Wildman–Crippen LogP) is 0.924. The third-order valence-corrected chi connectivity index (χ3v) is 6.70. The number of ether oxygens (including phenoxy) is 3. The van der Waals surface area contributed by atoms with Gasteiger partial charge >= 0.3 is 10.2 Å². The number of allylic oxidation sites excluding steroid dienone is 1. The van der Waals surface area contributed by atoms with Crippen molar-refractivity contribution in [2.24, 2.45) is 4.40 Å². The molecule has 29 heavy (non-hydrogen) atoms. The fraction of sp³-hybridized carbons (Fsp3) is 0.474. The maximum Gasteiger partial charge on any atom is 0.345 e. The number of amides is 1. The van der Waals surface area contributed by atoms with Crippen molar-refractivity contribution in [3.05, 3.63) is 41.6 Å². The maximum absolute atomic E-state index is 13.1. The highest BCUT2D eigenvalue weighted by atomic mass is 32.2. The van der Waals surface area contributed by atoms with Gasteiger partial charge in [-0.3, -0.25) is 4.79 Å². The lowest BCUT2D eigenvalue weighted by Gasteiger charge is -2.38. The maximum atomic E-state index is 13.1. The van der Waals surface area contributed by atoms with E-state index in [2.05, 4.69) is 4.40 Å². The lowest BCUT2D eigenvalue weighted by atomic mass is 10.0. The molecule has 3 aliphatic heterocycles. The summed E-state index contributed by atoms with van der Waals surface area (Å²) in [5.74, 6) is -0.400. The van der Waals surface area contributed by atoms with Crippen LogP contribution in [0.4, 0.5) is 0 Å². The van der Waals surface area contributed by atoms with E-state index in [1.807, 2.05) is 0 Å². The highest BCUT2D eigenvalue weighted by Gasteiger charge is 2.42. The Bertz CT molecular complexity index is 971. The highest BCUT2D eigenvalue weighted by molar-refractivity contribution is 7.88. The molecule has 0 aliphatic carbocycles. The van der Waals surface area contributed by atoms with Gasteiger partial charge in [-0.1, -0.05) is 12.1 Å². The van der Waals surface area contributed by atoms with Crippen LogP contribution >= 0.6 is 0 Å². The molecule has 1 aromatic carbocycles. The molecule has 2 saturated heterocycles. The van der Waals surface area contributed by atoms with E-state index < -0.39 is 16.0 Å². The molecule has 10 heteroatoms. The first-order valence-corrected chi connectivity index (χ1v) is 10.8. The van der Waals surface area contributed by atoms with E-state index in [4.69, 9.17) is 14.2 Å². The molecule has 2 fully saturated rings. The Morgan fingerprint density at radius 1 is 1.21 bits per heavy atom. The molecule has 0 saturated carbocycles. The molecule has 0 unspecified atom stereocenters. The SMILES string of the molecule is COc1cccc(C2=NS(=O)(=O)N(C)C(C(=O)N3CCC4(CC3)OCCO4)=C2)c1. The zero-order valence-corrected chi connectivity index (χ0v) is 17.1. The fourth-order valence-electron chi connectivity index (χ4n) is 3.67. The zero-order chi connectivity index (χ0) is 20.6. The van der Waals surface area contributed by atoms with Gasteiger partial charge in [0.2, 0.25) is 0 Å². The Morgan fingerprint density at radius 3 is 2.55 bits per heavy atom. The van der Waals surface area contributed by atoms with Crippen LogP contribution in [0.25, 0.3) is 0 Å². The summed E-state index contributed by atoms with van der Waals surface area (Å²) in [6, 6.07) is 6.89. The van der Waals surface area contributed by atoms with Crippen LogP contribution in [0.3, 0.4) is 0 Å². The predicted molar refractivity (Wildman–Crippen MR) is 105 cm³/mol. The first kappa shape index (κ1) is 19.9. The largest absolute Gasteiger partial charge is 0.497 e. The summed E-state index contributed by atoms with van der Waals surface area (Å²) in [6.45, 7) is 1.96. The average molecular weight is 421 g/mol. The number of carbonyl (C=O) groups excluding carboxylic acids is 1. The van der Waals surface area contributed by atoms with Crippen LogP contribution < -0.4 is 4.74 Å². The Hall–Kier alpha value is -2.43. The molecule has 0 radical (unpaired) electrons.